The lowest BCUT2D eigenvalue weighted by Gasteiger charge is -2.08. The molecule has 2 nitrogen and oxygen atoms in total. The van der Waals surface area contributed by atoms with Crippen molar-refractivity contribution in [3.8, 4) is 0 Å². The molecular formula is C9H14Cl2N2. The third-order valence-corrected chi connectivity index (χ3v) is 2.15. The SMILES string of the molecule is Cl.Cl.c1cncc(C2CCCN2)c1. The van der Waals surface area contributed by atoms with E-state index < -0.39 is 0 Å². The van der Waals surface area contributed by atoms with Gasteiger partial charge in [-0.15, -0.1) is 24.8 Å². The van der Waals surface area contributed by atoms with Crippen LogP contribution in [0.2, 0.25) is 0 Å². The minimum atomic E-state index is 0. The lowest BCUT2D eigenvalue weighted by atomic mass is 10.1. The fourth-order valence-corrected chi connectivity index (χ4v) is 1.55. The highest BCUT2D eigenvalue weighted by molar-refractivity contribution is 5.85. The minimum absolute atomic E-state index is 0. The maximum absolute atomic E-state index is 4.09. The molecule has 1 unspecified atom stereocenters. The second kappa shape index (κ2) is 6.19. The van der Waals surface area contributed by atoms with Crippen molar-refractivity contribution in [2.24, 2.45) is 0 Å². The van der Waals surface area contributed by atoms with E-state index in [-0.39, 0.29) is 24.8 Å². The van der Waals surface area contributed by atoms with Gasteiger partial charge in [-0.05, 0) is 31.0 Å². The average Bonchev–Trinajstić information content (AvgIpc) is 2.58. The predicted molar refractivity (Wildman–Crippen MR) is 58.7 cm³/mol. The van der Waals surface area contributed by atoms with Gasteiger partial charge in [0.2, 0.25) is 0 Å². The summed E-state index contributed by atoms with van der Waals surface area (Å²) in [4.78, 5) is 4.09. The summed E-state index contributed by atoms with van der Waals surface area (Å²) in [5.74, 6) is 0. The first kappa shape index (κ1) is 12.7. The predicted octanol–water partition coefficient (Wildman–Crippen LogP) is 2.35. The molecule has 0 aromatic carbocycles. The number of halogens is 2. The number of hydrogen-bond acceptors (Lipinski definition) is 2. The molecule has 4 heteroatoms. The number of hydrogen-bond donors (Lipinski definition) is 1. The topological polar surface area (TPSA) is 24.9 Å². The van der Waals surface area contributed by atoms with E-state index >= 15 is 0 Å². The number of nitrogens with zero attached hydrogens (tertiary/aromatic N) is 1. The van der Waals surface area contributed by atoms with E-state index in [1.54, 1.807) is 0 Å². The van der Waals surface area contributed by atoms with E-state index in [0.717, 1.165) is 6.54 Å². The molecule has 0 saturated carbocycles. The van der Waals surface area contributed by atoms with E-state index in [2.05, 4.69) is 16.4 Å². The molecule has 0 amide bonds. The van der Waals surface area contributed by atoms with Gasteiger partial charge in [-0.2, -0.15) is 0 Å². The first-order valence-electron chi connectivity index (χ1n) is 4.10. The molecule has 1 N–H and O–H groups in total. The van der Waals surface area contributed by atoms with Crippen LogP contribution in [0.4, 0.5) is 0 Å². The zero-order valence-electron chi connectivity index (χ0n) is 7.27. The van der Waals surface area contributed by atoms with Gasteiger partial charge in [0, 0.05) is 18.4 Å². The lowest BCUT2D eigenvalue weighted by Crippen LogP contribution is -2.12. The van der Waals surface area contributed by atoms with E-state index in [9.17, 15) is 0 Å². The molecule has 2 heterocycles. The van der Waals surface area contributed by atoms with Crippen molar-refractivity contribution >= 4 is 24.8 Å². The summed E-state index contributed by atoms with van der Waals surface area (Å²) in [6, 6.07) is 4.69. The Hall–Kier alpha value is -0.310. The summed E-state index contributed by atoms with van der Waals surface area (Å²) in [7, 11) is 0. The van der Waals surface area contributed by atoms with Crippen LogP contribution in [0.15, 0.2) is 24.5 Å². The molecule has 1 fully saturated rings. The van der Waals surface area contributed by atoms with Gasteiger partial charge in [0.1, 0.15) is 0 Å². The number of aromatic nitrogens is 1. The third kappa shape index (κ3) is 3.14. The highest BCUT2D eigenvalue weighted by Crippen LogP contribution is 2.21. The lowest BCUT2D eigenvalue weighted by molar-refractivity contribution is 0.645. The molecule has 1 aromatic rings. The Balaban J connectivity index is 0.000000720. The van der Waals surface area contributed by atoms with Crippen molar-refractivity contribution in [3.05, 3.63) is 30.1 Å². The molecule has 74 valence electrons. The van der Waals surface area contributed by atoms with Crippen LogP contribution in [0, 0.1) is 0 Å². The summed E-state index contributed by atoms with van der Waals surface area (Å²) in [6.45, 7) is 1.15. The van der Waals surface area contributed by atoms with Gasteiger partial charge in [0.15, 0.2) is 0 Å². The molecule has 1 aliphatic heterocycles. The van der Waals surface area contributed by atoms with Crippen LogP contribution in [-0.2, 0) is 0 Å². The second-order valence-electron chi connectivity index (χ2n) is 2.94. The van der Waals surface area contributed by atoms with Crippen LogP contribution >= 0.6 is 24.8 Å². The van der Waals surface area contributed by atoms with Crippen LogP contribution in [-0.4, -0.2) is 11.5 Å². The molecule has 2 rings (SSSR count). The first-order valence-corrected chi connectivity index (χ1v) is 4.10. The highest BCUT2D eigenvalue weighted by atomic mass is 35.5. The molecule has 13 heavy (non-hydrogen) atoms. The van der Waals surface area contributed by atoms with Gasteiger partial charge in [-0.3, -0.25) is 4.98 Å². The zero-order valence-corrected chi connectivity index (χ0v) is 8.90. The van der Waals surface area contributed by atoms with E-state index in [0.29, 0.717) is 6.04 Å². The third-order valence-electron chi connectivity index (χ3n) is 2.15. The summed E-state index contributed by atoms with van der Waals surface area (Å²) in [5.41, 5.74) is 1.32. The summed E-state index contributed by atoms with van der Waals surface area (Å²) in [5, 5.41) is 3.43. The molecule has 0 aliphatic carbocycles. The molecular weight excluding hydrogens is 207 g/mol. The fourth-order valence-electron chi connectivity index (χ4n) is 1.55. The van der Waals surface area contributed by atoms with Crippen LogP contribution < -0.4 is 5.32 Å². The van der Waals surface area contributed by atoms with Crippen LogP contribution in [0.5, 0.6) is 0 Å². The maximum atomic E-state index is 4.09. The smallest absolute Gasteiger partial charge is 0.0335 e. The number of pyridine rings is 1. The van der Waals surface area contributed by atoms with Gasteiger partial charge in [0.25, 0.3) is 0 Å². The molecule has 0 bridgehead atoms. The van der Waals surface area contributed by atoms with Gasteiger partial charge >= 0.3 is 0 Å². The van der Waals surface area contributed by atoms with Crippen molar-refractivity contribution in [2.75, 3.05) is 6.54 Å². The van der Waals surface area contributed by atoms with Crippen molar-refractivity contribution in [3.63, 3.8) is 0 Å². The van der Waals surface area contributed by atoms with E-state index in [4.69, 9.17) is 0 Å². The quantitative estimate of drug-likeness (QED) is 0.787. The van der Waals surface area contributed by atoms with Crippen LogP contribution in [0.1, 0.15) is 24.4 Å². The summed E-state index contributed by atoms with van der Waals surface area (Å²) >= 11 is 0. The van der Waals surface area contributed by atoms with Gasteiger partial charge in [0.05, 0.1) is 0 Å². The normalized spacial score (nSPS) is 20.2. The van der Waals surface area contributed by atoms with Crippen molar-refractivity contribution in [2.45, 2.75) is 18.9 Å². The standard InChI is InChI=1S/C9H12N2.2ClH/c1-3-8(7-10-5-1)9-4-2-6-11-9;;/h1,3,5,7,9,11H,2,4,6H2;2*1H. The first-order chi connectivity index (χ1) is 5.47. The Bertz CT molecular complexity index is 222. The Morgan fingerprint density at radius 2 is 2.23 bits per heavy atom. The highest BCUT2D eigenvalue weighted by Gasteiger charge is 2.15. The van der Waals surface area contributed by atoms with Gasteiger partial charge < -0.3 is 5.32 Å². The number of rotatable bonds is 1. The van der Waals surface area contributed by atoms with Crippen molar-refractivity contribution in [1.29, 1.82) is 0 Å². The fraction of sp³-hybridized carbons (Fsp3) is 0.444. The molecule has 1 saturated heterocycles. The molecule has 1 aliphatic rings. The van der Waals surface area contributed by atoms with E-state index in [1.807, 2.05) is 18.5 Å². The van der Waals surface area contributed by atoms with Crippen molar-refractivity contribution < 1.29 is 0 Å². The average molecular weight is 221 g/mol. The maximum Gasteiger partial charge on any atom is 0.0335 e. The monoisotopic (exact) mass is 220 g/mol. The Labute approximate surface area is 91.0 Å². The molecule has 1 aromatic heterocycles. The van der Waals surface area contributed by atoms with Crippen molar-refractivity contribution in [1.82, 2.24) is 10.3 Å². The Kier molecular flexibility index (Phi) is 6.04. The largest absolute Gasteiger partial charge is 0.310 e. The van der Waals surface area contributed by atoms with Crippen LogP contribution in [0.25, 0.3) is 0 Å². The Morgan fingerprint density at radius 3 is 2.77 bits per heavy atom. The summed E-state index contributed by atoms with van der Waals surface area (Å²) < 4.78 is 0. The second-order valence-corrected chi connectivity index (χ2v) is 2.94. The Morgan fingerprint density at radius 1 is 1.38 bits per heavy atom. The van der Waals surface area contributed by atoms with Crippen LogP contribution in [0.3, 0.4) is 0 Å². The molecule has 0 radical (unpaired) electrons. The summed E-state index contributed by atoms with van der Waals surface area (Å²) in [6.07, 6.45) is 6.31. The van der Waals surface area contributed by atoms with Gasteiger partial charge in [-0.25, -0.2) is 0 Å². The van der Waals surface area contributed by atoms with E-state index in [1.165, 1.54) is 18.4 Å². The van der Waals surface area contributed by atoms with Gasteiger partial charge in [-0.1, -0.05) is 6.07 Å². The zero-order chi connectivity index (χ0) is 7.52. The number of nitrogens with one attached hydrogen (secondary N) is 1. The molecule has 0 spiro atoms. The molecule has 1 atom stereocenters. The minimum Gasteiger partial charge on any atom is -0.310 e.